The van der Waals surface area contributed by atoms with Crippen molar-refractivity contribution in [3.05, 3.63) is 65.2 Å². The van der Waals surface area contributed by atoms with E-state index in [0.29, 0.717) is 18.1 Å². The quantitative estimate of drug-likeness (QED) is 0.613. The molecule has 0 aliphatic heterocycles. The predicted molar refractivity (Wildman–Crippen MR) is 97.6 cm³/mol. The first kappa shape index (κ1) is 17.7. The summed E-state index contributed by atoms with van der Waals surface area (Å²) in [4.78, 5) is 12.1. The first-order chi connectivity index (χ1) is 11.6. The van der Waals surface area contributed by atoms with Gasteiger partial charge in [-0.1, -0.05) is 38.1 Å². The molecule has 1 N–H and O–H groups in total. The number of amides is 1. The van der Waals surface area contributed by atoms with Crippen LogP contribution in [0.25, 0.3) is 0 Å². The molecule has 0 unspecified atom stereocenters. The maximum atomic E-state index is 12.1. The molecule has 2 aromatic carbocycles. The number of aryl methyl sites for hydroxylation is 1. The number of rotatable bonds is 7. The normalized spacial score (nSPS) is 11.0. The lowest BCUT2D eigenvalue weighted by Crippen LogP contribution is -2.17. The summed E-state index contributed by atoms with van der Waals surface area (Å²) < 4.78 is 5.64. The van der Waals surface area contributed by atoms with Crippen molar-refractivity contribution in [2.24, 2.45) is 11.0 Å². The molecule has 0 heterocycles. The molecule has 0 saturated heterocycles. The summed E-state index contributed by atoms with van der Waals surface area (Å²) in [6, 6.07) is 15.0. The lowest BCUT2D eigenvalue weighted by molar-refractivity contribution is 0.0955. The third kappa shape index (κ3) is 5.54. The fourth-order valence-corrected chi connectivity index (χ4v) is 2.07. The van der Waals surface area contributed by atoms with Gasteiger partial charge in [0.25, 0.3) is 5.91 Å². The number of nitrogens with one attached hydrogen (secondary N) is 1. The summed E-state index contributed by atoms with van der Waals surface area (Å²) in [6.45, 7) is 7.01. The Morgan fingerprint density at radius 2 is 1.88 bits per heavy atom. The molecule has 4 nitrogen and oxygen atoms in total. The first-order valence-electron chi connectivity index (χ1n) is 8.18. The van der Waals surface area contributed by atoms with Gasteiger partial charge in [0.2, 0.25) is 0 Å². The van der Waals surface area contributed by atoms with Gasteiger partial charge in [0.1, 0.15) is 5.75 Å². The second-order valence-corrected chi connectivity index (χ2v) is 6.11. The lowest BCUT2D eigenvalue weighted by atomic mass is 10.1. The minimum atomic E-state index is -0.242. The van der Waals surface area contributed by atoms with Crippen molar-refractivity contribution in [2.75, 3.05) is 6.61 Å². The van der Waals surface area contributed by atoms with Crippen LogP contribution in [0, 0.1) is 12.8 Å². The van der Waals surface area contributed by atoms with Crippen LogP contribution in [-0.4, -0.2) is 18.7 Å². The first-order valence-corrected chi connectivity index (χ1v) is 8.18. The molecular formula is C20H24N2O2. The lowest BCUT2D eigenvalue weighted by Gasteiger charge is -2.08. The topological polar surface area (TPSA) is 50.7 Å². The molecule has 2 rings (SSSR count). The Labute approximate surface area is 143 Å². The average molecular weight is 324 g/mol. The summed E-state index contributed by atoms with van der Waals surface area (Å²) in [6.07, 6.45) is 2.66. The van der Waals surface area contributed by atoms with Crippen LogP contribution in [0.4, 0.5) is 0 Å². The van der Waals surface area contributed by atoms with E-state index in [4.69, 9.17) is 4.74 Å². The second-order valence-electron chi connectivity index (χ2n) is 6.11. The molecule has 0 atom stereocenters. The van der Waals surface area contributed by atoms with E-state index in [0.717, 1.165) is 23.3 Å². The largest absolute Gasteiger partial charge is 0.494 e. The summed E-state index contributed by atoms with van der Waals surface area (Å²) in [7, 11) is 0. The van der Waals surface area contributed by atoms with Crippen LogP contribution in [0.1, 0.15) is 41.8 Å². The van der Waals surface area contributed by atoms with Gasteiger partial charge in [-0.2, -0.15) is 5.10 Å². The zero-order chi connectivity index (χ0) is 17.4. The highest BCUT2D eigenvalue weighted by atomic mass is 16.5. The number of carbonyl (C=O) groups is 1. The van der Waals surface area contributed by atoms with E-state index < -0.39 is 0 Å². The van der Waals surface area contributed by atoms with Crippen LogP contribution in [0.15, 0.2) is 53.6 Å². The van der Waals surface area contributed by atoms with Gasteiger partial charge in [-0.05, 0) is 54.7 Å². The molecule has 126 valence electrons. The van der Waals surface area contributed by atoms with Crippen LogP contribution in [-0.2, 0) is 0 Å². The minimum Gasteiger partial charge on any atom is -0.494 e. The van der Waals surface area contributed by atoms with Crippen molar-refractivity contribution in [1.82, 2.24) is 5.43 Å². The fraction of sp³-hybridized carbons (Fsp3) is 0.300. The van der Waals surface area contributed by atoms with E-state index in [1.165, 1.54) is 0 Å². The molecule has 0 aromatic heterocycles. The molecule has 0 aliphatic rings. The highest BCUT2D eigenvalue weighted by Crippen LogP contribution is 2.13. The van der Waals surface area contributed by atoms with E-state index in [2.05, 4.69) is 24.4 Å². The summed E-state index contributed by atoms with van der Waals surface area (Å²) >= 11 is 0. The fourth-order valence-electron chi connectivity index (χ4n) is 2.07. The molecule has 0 saturated carbocycles. The summed E-state index contributed by atoms with van der Waals surface area (Å²) in [5.41, 5.74) is 5.18. The molecular weight excluding hydrogens is 300 g/mol. The smallest absolute Gasteiger partial charge is 0.271 e. The van der Waals surface area contributed by atoms with E-state index in [9.17, 15) is 4.79 Å². The van der Waals surface area contributed by atoms with Gasteiger partial charge < -0.3 is 4.74 Å². The van der Waals surface area contributed by atoms with Crippen LogP contribution >= 0.6 is 0 Å². The Balaban J connectivity index is 1.87. The van der Waals surface area contributed by atoms with E-state index in [1.54, 1.807) is 30.5 Å². The molecule has 4 heteroatoms. The molecule has 1 amide bonds. The third-order valence-corrected chi connectivity index (χ3v) is 3.64. The Morgan fingerprint density at radius 1 is 1.17 bits per heavy atom. The zero-order valence-electron chi connectivity index (χ0n) is 14.5. The molecule has 0 aliphatic carbocycles. The number of nitrogens with zero attached hydrogens (tertiary/aromatic N) is 1. The van der Waals surface area contributed by atoms with Crippen molar-refractivity contribution in [3.8, 4) is 5.75 Å². The Morgan fingerprint density at radius 3 is 2.54 bits per heavy atom. The number of carbonyl (C=O) groups excluding carboxylic acids is 1. The van der Waals surface area contributed by atoms with Crippen LogP contribution < -0.4 is 10.2 Å². The second kappa shape index (κ2) is 8.87. The van der Waals surface area contributed by atoms with Crippen molar-refractivity contribution in [1.29, 1.82) is 0 Å². The molecule has 0 fully saturated rings. The molecule has 0 spiro atoms. The highest BCUT2D eigenvalue weighted by molar-refractivity contribution is 5.95. The average Bonchev–Trinajstić information content (AvgIpc) is 2.57. The van der Waals surface area contributed by atoms with Crippen molar-refractivity contribution >= 4 is 12.1 Å². The van der Waals surface area contributed by atoms with Gasteiger partial charge in [0.05, 0.1) is 12.8 Å². The zero-order valence-corrected chi connectivity index (χ0v) is 14.5. The number of benzene rings is 2. The van der Waals surface area contributed by atoms with Crippen LogP contribution in [0.2, 0.25) is 0 Å². The SMILES string of the molecule is Cc1ccccc1/C=N/NC(=O)c1ccc(OCCC(C)C)cc1. The molecule has 0 bridgehead atoms. The van der Waals surface area contributed by atoms with Gasteiger partial charge in [0, 0.05) is 5.56 Å². The monoisotopic (exact) mass is 324 g/mol. The van der Waals surface area contributed by atoms with E-state index in [-0.39, 0.29) is 5.91 Å². The maximum Gasteiger partial charge on any atom is 0.271 e. The Kier molecular flexibility index (Phi) is 6.55. The van der Waals surface area contributed by atoms with E-state index >= 15 is 0 Å². The van der Waals surface area contributed by atoms with Crippen LogP contribution in [0.5, 0.6) is 5.75 Å². The standard InChI is InChI=1S/C20H24N2O2/c1-15(2)12-13-24-19-10-8-17(9-11-19)20(23)22-21-14-18-7-5-4-6-16(18)3/h4-11,14-15H,12-13H2,1-3H3,(H,22,23)/b21-14+. The Hall–Kier alpha value is -2.62. The van der Waals surface area contributed by atoms with Gasteiger partial charge in [-0.25, -0.2) is 5.43 Å². The van der Waals surface area contributed by atoms with Crippen molar-refractivity contribution < 1.29 is 9.53 Å². The minimum absolute atomic E-state index is 0.242. The number of hydrogen-bond acceptors (Lipinski definition) is 3. The maximum absolute atomic E-state index is 12.1. The summed E-state index contributed by atoms with van der Waals surface area (Å²) in [5, 5.41) is 4.01. The van der Waals surface area contributed by atoms with Crippen LogP contribution in [0.3, 0.4) is 0 Å². The van der Waals surface area contributed by atoms with E-state index in [1.807, 2.05) is 31.2 Å². The van der Waals surface area contributed by atoms with Gasteiger partial charge in [0.15, 0.2) is 0 Å². The molecule has 2 aromatic rings. The van der Waals surface area contributed by atoms with Gasteiger partial charge in [-0.3, -0.25) is 4.79 Å². The van der Waals surface area contributed by atoms with Gasteiger partial charge in [-0.15, -0.1) is 0 Å². The molecule has 24 heavy (non-hydrogen) atoms. The molecule has 0 radical (unpaired) electrons. The number of hydrogen-bond donors (Lipinski definition) is 1. The Bertz CT molecular complexity index is 691. The van der Waals surface area contributed by atoms with Crippen molar-refractivity contribution in [2.45, 2.75) is 27.2 Å². The van der Waals surface area contributed by atoms with Gasteiger partial charge >= 0.3 is 0 Å². The van der Waals surface area contributed by atoms with Crippen molar-refractivity contribution in [3.63, 3.8) is 0 Å². The number of hydrazone groups is 1. The third-order valence-electron chi connectivity index (χ3n) is 3.64. The predicted octanol–water partition coefficient (Wildman–Crippen LogP) is 4.18. The highest BCUT2D eigenvalue weighted by Gasteiger charge is 2.04. The number of ether oxygens (including phenoxy) is 1. The summed E-state index contributed by atoms with van der Waals surface area (Å²) in [5.74, 6) is 1.14.